The predicted molar refractivity (Wildman–Crippen MR) is 92.5 cm³/mol. The number of ether oxygens (including phenoxy) is 1. The average molecular weight is 357 g/mol. The first-order valence-electron chi connectivity index (χ1n) is 7.43. The van der Waals surface area contributed by atoms with Crippen molar-refractivity contribution in [3.8, 4) is 5.75 Å². The van der Waals surface area contributed by atoms with Crippen molar-refractivity contribution in [3.63, 3.8) is 0 Å². The summed E-state index contributed by atoms with van der Waals surface area (Å²) >= 11 is 3.50. The van der Waals surface area contributed by atoms with E-state index in [1.807, 2.05) is 6.07 Å². The van der Waals surface area contributed by atoms with E-state index in [2.05, 4.69) is 62.6 Å². The Morgan fingerprint density at radius 3 is 2.73 bits per heavy atom. The topological polar surface area (TPSA) is 37.0 Å². The molecule has 1 aromatic heterocycles. The van der Waals surface area contributed by atoms with Gasteiger partial charge in [0.05, 0.1) is 13.2 Å². The van der Waals surface area contributed by atoms with E-state index < -0.39 is 0 Å². The van der Waals surface area contributed by atoms with Gasteiger partial charge in [0.25, 0.3) is 0 Å². The Balaban J connectivity index is 1.85. The number of methoxy groups -OCH3 is 1. The Kier molecular flexibility index (Phi) is 3.43. The molecule has 0 saturated carbocycles. The van der Waals surface area contributed by atoms with Crippen molar-refractivity contribution in [1.29, 1.82) is 0 Å². The maximum absolute atomic E-state index is 5.37. The predicted octanol–water partition coefficient (Wildman–Crippen LogP) is 4.17. The molecule has 1 atom stereocenters. The fourth-order valence-corrected chi connectivity index (χ4v) is 3.54. The average Bonchev–Trinajstić information content (AvgIpc) is 2.93. The van der Waals surface area contributed by atoms with Gasteiger partial charge in [0.15, 0.2) is 0 Å². The van der Waals surface area contributed by atoms with E-state index in [0.29, 0.717) is 0 Å². The molecule has 2 N–H and O–H groups in total. The lowest BCUT2D eigenvalue weighted by Crippen LogP contribution is -2.30. The second-order valence-corrected chi connectivity index (χ2v) is 6.53. The first kappa shape index (κ1) is 13.9. The van der Waals surface area contributed by atoms with Crippen LogP contribution >= 0.6 is 15.9 Å². The highest BCUT2D eigenvalue weighted by Gasteiger charge is 2.25. The summed E-state index contributed by atoms with van der Waals surface area (Å²) in [6, 6.07) is 15.0. The van der Waals surface area contributed by atoms with E-state index in [9.17, 15) is 0 Å². The normalized spacial score (nSPS) is 17.5. The van der Waals surface area contributed by atoms with Crippen molar-refractivity contribution in [1.82, 2.24) is 10.3 Å². The molecule has 22 heavy (non-hydrogen) atoms. The lowest BCUT2D eigenvalue weighted by molar-refractivity contribution is 0.415. The Labute approximate surface area is 137 Å². The van der Waals surface area contributed by atoms with Crippen LogP contribution in [0.5, 0.6) is 5.75 Å². The number of hydrogen-bond donors (Lipinski definition) is 2. The van der Waals surface area contributed by atoms with Gasteiger partial charge in [0, 0.05) is 27.6 Å². The number of rotatable bonds is 2. The van der Waals surface area contributed by atoms with Crippen LogP contribution in [0, 0.1) is 0 Å². The van der Waals surface area contributed by atoms with Crippen LogP contribution in [0.25, 0.3) is 10.9 Å². The molecule has 0 aliphatic carbocycles. The van der Waals surface area contributed by atoms with E-state index in [1.54, 1.807) is 7.11 Å². The van der Waals surface area contributed by atoms with Crippen LogP contribution in [0.4, 0.5) is 0 Å². The third-order valence-electron chi connectivity index (χ3n) is 4.36. The van der Waals surface area contributed by atoms with Gasteiger partial charge in [0.1, 0.15) is 5.75 Å². The molecule has 1 aliphatic heterocycles. The van der Waals surface area contributed by atoms with Gasteiger partial charge in [-0.15, -0.1) is 0 Å². The standard InChI is InChI=1S/C18H17BrN2O/c1-22-13-6-7-16-15(10-13)14-8-9-20-17(18(14)21-16)11-2-4-12(19)5-3-11/h2-7,10,17,20-21H,8-9H2,1H3/t17-/m0/s1. The van der Waals surface area contributed by atoms with Crippen LogP contribution in [-0.2, 0) is 6.42 Å². The minimum atomic E-state index is 0.218. The van der Waals surface area contributed by atoms with E-state index >= 15 is 0 Å². The number of halogens is 1. The first-order chi connectivity index (χ1) is 10.8. The molecule has 0 saturated heterocycles. The second-order valence-electron chi connectivity index (χ2n) is 5.62. The van der Waals surface area contributed by atoms with Gasteiger partial charge < -0.3 is 15.0 Å². The smallest absolute Gasteiger partial charge is 0.119 e. The van der Waals surface area contributed by atoms with Gasteiger partial charge in [-0.05, 0) is 47.9 Å². The number of hydrogen-bond acceptors (Lipinski definition) is 2. The summed E-state index contributed by atoms with van der Waals surface area (Å²) in [5.41, 5.74) is 5.14. The van der Waals surface area contributed by atoms with Crippen LogP contribution in [0.15, 0.2) is 46.9 Å². The minimum absolute atomic E-state index is 0.218. The maximum Gasteiger partial charge on any atom is 0.119 e. The lowest BCUT2D eigenvalue weighted by atomic mass is 9.94. The largest absolute Gasteiger partial charge is 0.497 e. The van der Waals surface area contributed by atoms with E-state index in [4.69, 9.17) is 4.74 Å². The SMILES string of the molecule is COc1ccc2[nH]c3c(c2c1)CCN[C@H]3c1ccc(Br)cc1. The quantitative estimate of drug-likeness (QED) is 0.722. The summed E-state index contributed by atoms with van der Waals surface area (Å²) in [7, 11) is 1.71. The molecule has 2 aromatic carbocycles. The molecule has 3 aromatic rings. The van der Waals surface area contributed by atoms with Crippen molar-refractivity contribution in [3.05, 3.63) is 63.8 Å². The highest BCUT2D eigenvalue weighted by molar-refractivity contribution is 9.10. The second kappa shape index (κ2) is 5.45. The molecule has 0 spiro atoms. The number of H-pyrrole nitrogens is 1. The number of benzene rings is 2. The molecule has 4 rings (SSSR count). The zero-order valence-electron chi connectivity index (χ0n) is 12.3. The number of aromatic amines is 1. The van der Waals surface area contributed by atoms with Gasteiger partial charge in [-0.1, -0.05) is 28.1 Å². The van der Waals surface area contributed by atoms with Crippen LogP contribution in [0.3, 0.4) is 0 Å². The highest BCUT2D eigenvalue weighted by Crippen LogP contribution is 2.35. The molecule has 1 aliphatic rings. The van der Waals surface area contributed by atoms with Crippen LogP contribution in [0.1, 0.15) is 22.9 Å². The summed E-state index contributed by atoms with van der Waals surface area (Å²) < 4.78 is 6.48. The molecular formula is C18H17BrN2O. The van der Waals surface area contributed by atoms with Crippen molar-refractivity contribution < 1.29 is 4.74 Å². The van der Waals surface area contributed by atoms with Crippen molar-refractivity contribution >= 4 is 26.8 Å². The molecule has 0 fully saturated rings. The number of nitrogens with one attached hydrogen (secondary N) is 2. The molecular weight excluding hydrogens is 340 g/mol. The number of fused-ring (bicyclic) bond motifs is 3. The van der Waals surface area contributed by atoms with E-state index in [-0.39, 0.29) is 6.04 Å². The fraction of sp³-hybridized carbons (Fsp3) is 0.222. The van der Waals surface area contributed by atoms with Gasteiger partial charge in [0.2, 0.25) is 0 Å². The molecule has 4 heteroatoms. The Bertz CT molecular complexity index is 823. The molecule has 0 amide bonds. The van der Waals surface area contributed by atoms with Crippen LogP contribution in [0.2, 0.25) is 0 Å². The zero-order chi connectivity index (χ0) is 15.1. The highest BCUT2D eigenvalue weighted by atomic mass is 79.9. The Hall–Kier alpha value is -1.78. The lowest BCUT2D eigenvalue weighted by Gasteiger charge is -2.25. The van der Waals surface area contributed by atoms with E-state index in [1.165, 1.54) is 27.7 Å². The van der Waals surface area contributed by atoms with Gasteiger partial charge in [-0.2, -0.15) is 0 Å². The molecule has 0 bridgehead atoms. The summed E-state index contributed by atoms with van der Waals surface area (Å²) in [5.74, 6) is 0.910. The number of aromatic nitrogens is 1. The molecule has 2 heterocycles. The van der Waals surface area contributed by atoms with Crippen LogP contribution in [-0.4, -0.2) is 18.6 Å². The third-order valence-corrected chi connectivity index (χ3v) is 4.89. The Morgan fingerprint density at radius 2 is 1.95 bits per heavy atom. The molecule has 112 valence electrons. The van der Waals surface area contributed by atoms with E-state index in [0.717, 1.165) is 23.2 Å². The minimum Gasteiger partial charge on any atom is -0.497 e. The summed E-state index contributed by atoms with van der Waals surface area (Å²) in [6.45, 7) is 0.984. The monoisotopic (exact) mass is 356 g/mol. The molecule has 3 nitrogen and oxygen atoms in total. The van der Waals surface area contributed by atoms with Crippen LogP contribution < -0.4 is 10.1 Å². The summed E-state index contributed by atoms with van der Waals surface area (Å²) in [6.07, 6.45) is 1.04. The fourth-order valence-electron chi connectivity index (χ4n) is 3.27. The summed E-state index contributed by atoms with van der Waals surface area (Å²) in [4.78, 5) is 3.60. The molecule has 0 radical (unpaired) electrons. The zero-order valence-corrected chi connectivity index (χ0v) is 13.9. The van der Waals surface area contributed by atoms with Gasteiger partial charge >= 0.3 is 0 Å². The molecule has 0 unspecified atom stereocenters. The third kappa shape index (κ3) is 2.23. The first-order valence-corrected chi connectivity index (χ1v) is 8.23. The van der Waals surface area contributed by atoms with Crippen molar-refractivity contribution in [2.75, 3.05) is 13.7 Å². The summed E-state index contributed by atoms with van der Waals surface area (Å²) in [5, 5.41) is 4.90. The Morgan fingerprint density at radius 1 is 1.14 bits per heavy atom. The van der Waals surface area contributed by atoms with Crippen molar-refractivity contribution in [2.45, 2.75) is 12.5 Å². The maximum atomic E-state index is 5.37. The van der Waals surface area contributed by atoms with Gasteiger partial charge in [-0.25, -0.2) is 0 Å². The van der Waals surface area contributed by atoms with Crippen molar-refractivity contribution in [2.24, 2.45) is 0 Å². The van der Waals surface area contributed by atoms with Gasteiger partial charge in [-0.3, -0.25) is 0 Å².